The number of hydrogen-bond acceptors (Lipinski definition) is 5. The van der Waals surface area contributed by atoms with Crippen LogP contribution in [0.25, 0.3) is 0 Å². The fourth-order valence-electron chi connectivity index (χ4n) is 3.37. The van der Waals surface area contributed by atoms with E-state index in [1.807, 2.05) is 91.0 Å². The second-order valence-electron chi connectivity index (χ2n) is 7.92. The molecule has 0 spiro atoms. The van der Waals surface area contributed by atoms with Gasteiger partial charge in [-0.3, -0.25) is 4.21 Å². The van der Waals surface area contributed by atoms with Crippen LogP contribution in [-0.4, -0.2) is 40.5 Å². The zero-order valence-corrected chi connectivity index (χ0v) is 20.2. The molecule has 0 radical (unpaired) electrons. The standard InChI is InChI=1S/C28H32O5S/c1-34(30)18-17-27(32-20-24-13-7-3-8-14-24)28(33-21-25-15-9-4-10-16-25)26(29)22-31-19-23-11-5-2-6-12-23/h2-18,26-29H,19-22H2,1H3/b18-17+/t26-,27-,28-,34?/m1/s1. The Morgan fingerprint density at radius 1 is 0.765 bits per heavy atom. The number of hydrogen-bond donors (Lipinski definition) is 1. The van der Waals surface area contributed by atoms with Crippen molar-refractivity contribution >= 4 is 10.8 Å². The summed E-state index contributed by atoms with van der Waals surface area (Å²) in [5, 5.41) is 12.6. The maximum Gasteiger partial charge on any atom is 0.116 e. The lowest BCUT2D eigenvalue weighted by Crippen LogP contribution is -2.42. The van der Waals surface area contributed by atoms with Gasteiger partial charge >= 0.3 is 0 Å². The topological polar surface area (TPSA) is 65.0 Å². The van der Waals surface area contributed by atoms with Crippen molar-refractivity contribution in [2.75, 3.05) is 12.9 Å². The predicted molar refractivity (Wildman–Crippen MR) is 135 cm³/mol. The van der Waals surface area contributed by atoms with Crippen molar-refractivity contribution in [3.05, 3.63) is 119 Å². The van der Waals surface area contributed by atoms with Gasteiger partial charge in [-0.2, -0.15) is 0 Å². The number of aliphatic hydroxyl groups is 1. The average molecular weight is 481 g/mol. The molecule has 0 aliphatic rings. The molecule has 0 fully saturated rings. The van der Waals surface area contributed by atoms with E-state index < -0.39 is 29.1 Å². The highest BCUT2D eigenvalue weighted by Gasteiger charge is 2.29. The first-order valence-corrected chi connectivity index (χ1v) is 12.9. The molecule has 0 saturated carbocycles. The molecule has 6 heteroatoms. The largest absolute Gasteiger partial charge is 0.388 e. The quantitative estimate of drug-likeness (QED) is 0.365. The van der Waals surface area contributed by atoms with Crippen LogP contribution in [0, 0.1) is 0 Å². The lowest BCUT2D eigenvalue weighted by Gasteiger charge is -2.29. The smallest absolute Gasteiger partial charge is 0.116 e. The maximum absolute atomic E-state index is 11.8. The molecule has 3 aromatic rings. The first kappa shape index (κ1) is 26.0. The Hall–Kier alpha value is -2.61. The van der Waals surface area contributed by atoms with Crippen molar-refractivity contribution in [3.8, 4) is 0 Å². The second-order valence-corrected chi connectivity index (χ2v) is 9.19. The summed E-state index contributed by atoms with van der Waals surface area (Å²) in [4.78, 5) is 0. The Bertz CT molecular complexity index is 995. The van der Waals surface area contributed by atoms with Crippen molar-refractivity contribution in [3.63, 3.8) is 0 Å². The highest BCUT2D eigenvalue weighted by Crippen LogP contribution is 2.17. The van der Waals surface area contributed by atoms with Gasteiger partial charge in [-0.1, -0.05) is 91.0 Å². The minimum Gasteiger partial charge on any atom is -0.388 e. The summed E-state index contributed by atoms with van der Waals surface area (Å²) in [5.74, 6) is 0. The van der Waals surface area contributed by atoms with E-state index in [0.29, 0.717) is 19.8 Å². The van der Waals surface area contributed by atoms with E-state index in [9.17, 15) is 9.32 Å². The predicted octanol–water partition coefficient (Wildman–Crippen LogP) is 4.63. The molecule has 0 saturated heterocycles. The lowest BCUT2D eigenvalue weighted by atomic mass is 10.1. The van der Waals surface area contributed by atoms with Crippen LogP contribution in [-0.2, 0) is 44.8 Å². The summed E-state index contributed by atoms with van der Waals surface area (Å²) in [5.41, 5.74) is 3.00. The Kier molecular flexibility index (Phi) is 11.2. The van der Waals surface area contributed by atoms with E-state index in [0.717, 1.165) is 16.7 Å². The van der Waals surface area contributed by atoms with Gasteiger partial charge < -0.3 is 19.3 Å². The molecule has 0 heterocycles. The maximum atomic E-state index is 11.8. The summed E-state index contributed by atoms with van der Waals surface area (Å²) in [6.45, 7) is 1.08. The molecule has 3 rings (SSSR count). The van der Waals surface area contributed by atoms with Crippen LogP contribution in [0.1, 0.15) is 16.7 Å². The van der Waals surface area contributed by atoms with Gasteiger partial charge in [0.2, 0.25) is 0 Å². The Balaban J connectivity index is 1.72. The van der Waals surface area contributed by atoms with Crippen LogP contribution in [0.15, 0.2) is 102 Å². The molecule has 180 valence electrons. The summed E-state index contributed by atoms with van der Waals surface area (Å²) in [7, 11) is -1.16. The molecule has 3 aromatic carbocycles. The molecule has 1 N–H and O–H groups in total. The SMILES string of the molecule is CS(=O)/C=C/[C@@H](OCc1ccccc1)[C@H](OCc1ccccc1)[C@H](O)COCc1ccccc1. The summed E-state index contributed by atoms with van der Waals surface area (Å²) < 4.78 is 29.9. The second kappa shape index (κ2) is 14.6. The molecule has 0 amide bonds. The zero-order chi connectivity index (χ0) is 24.0. The van der Waals surface area contributed by atoms with Crippen molar-refractivity contribution in [2.24, 2.45) is 0 Å². The van der Waals surface area contributed by atoms with Gasteiger partial charge in [0.05, 0.1) is 26.4 Å². The van der Waals surface area contributed by atoms with E-state index in [2.05, 4.69) is 0 Å². The Morgan fingerprint density at radius 3 is 1.74 bits per heavy atom. The fourth-order valence-corrected chi connectivity index (χ4v) is 3.75. The van der Waals surface area contributed by atoms with Crippen LogP contribution >= 0.6 is 0 Å². The van der Waals surface area contributed by atoms with E-state index >= 15 is 0 Å². The number of ether oxygens (including phenoxy) is 3. The third kappa shape index (κ3) is 9.33. The average Bonchev–Trinajstić information content (AvgIpc) is 2.87. The summed E-state index contributed by atoms with van der Waals surface area (Å²) >= 11 is 0. The molecule has 0 aromatic heterocycles. The van der Waals surface area contributed by atoms with Gasteiger partial charge in [0.1, 0.15) is 18.3 Å². The molecular weight excluding hydrogens is 448 g/mol. The van der Waals surface area contributed by atoms with E-state index in [4.69, 9.17) is 14.2 Å². The third-order valence-electron chi connectivity index (χ3n) is 5.13. The first-order valence-electron chi connectivity index (χ1n) is 11.2. The molecule has 0 bridgehead atoms. The zero-order valence-electron chi connectivity index (χ0n) is 19.4. The minimum atomic E-state index is -1.16. The monoisotopic (exact) mass is 480 g/mol. The summed E-state index contributed by atoms with van der Waals surface area (Å²) in [6.07, 6.45) is 0.991. The first-order chi connectivity index (χ1) is 16.6. The third-order valence-corrected chi connectivity index (χ3v) is 5.67. The molecule has 0 aliphatic carbocycles. The number of rotatable bonds is 14. The van der Waals surface area contributed by atoms with Gasteiger partial charge in [-0.25, -0.2) is 0 Å². The van der Waals surface area contributed by atoms with Gasteiger partial charge in [0.25, 0.3) is 0 Å². The van der Waals surface area contributed by atoms with Crippen molar-refractivity contribution in [1.82, 2.24) is 0 Å². The highest BCUT2D eigenvalue weighted by molar-refractivity contribution is 7.87. The van der Waals surface area contributed by atoms with Crippen LogP contribution in [0.3, 0.4) is 0 Å². The molecule has 1 unspecified atom stereocenters. The van der Waals surface area contributed by atoms with Crippen molar-refractivity contribution in [2.45, 2.75) is 38.1 Å². The van der Waals surface area contributed by atoms with E-state index in [1.165, 1.54) is 0 Å². The van der Waals surface area contributed by atoms with Crippen molar-refractivity contribution in [1.29, 1.82) is 0 Å². The fraction of sp³-hybridized carbons (Fsp3) is 0.286. The molecule has 4 atom stereocenters. The van der Waals surface area contributed by atoms with Crippen LogP contribution in [0.2, 0.25) is 0 Å². The van der Waals surface area contributed by atoms with Crippen LogP contribution in [0.5, 0.6) is 0 Å². The van der Waals surface area contributed by atoms with Gasteiger partial charge in [-0.05, 0) is 22.8 Å². The highest BCUT2D eigenvalue weighted by atomic mass is 32.2. The van der Waals surface area contributed by atoms with Gasteiger partial charge in [-0.15, -0.1) is 0 Å². The molecular formula is C28H32O5S. The van der Waals surface area contributed by atoms with E-state index in [-0.39, 0.29) is 6.61 Å². The normalized spacial score (nSPS) is 15.1. The van der Waals surface area contributed by atoms with Crippen LogP contribution in [0.4, 0.5) is 0 Å². The van der Waals surface area contributed by atoms with Gasteiger partial charge in [0, 0.05) is 22.5 Å². The number of benzene rings is 3. The van der Waals surface area contributed by atoms with Crippen molar-refractivity contribution < 1.29 is 23.5 Å². The summed E-state index contributed by atoms with van der Waals surface area (Å²) in [6, 6.07) is 29.3. The van der Waals surface area contributed by atoms with Gasteiger partial charge in [0.15, 0.2) is 0 Å². The Labute approximate surface area is 204 Å². The molecule has 0 aliphatic heterocycles. The number of aliphatic hydroxyl groups excluding tert-OH is 1. The van der Waals surface area contributed by atoms with Crippen LogP contribution < -0.4 is 0 Å². The Morgan fingerprint density at radius 2 is 1.24 bits per heavy atom. The lowest BCUT2D eigenvalue weighted by molar-refractivity contribution is -0.133. The molecule has 5 nitrogen and oxygen atoms in total. The minimum absolute atomic E-state index is 0.0720. The molecule has 34 heavy (non-hydrogen) atoms. The van der Waals surface area contributed by atoms with E-state index in [1.54, 1.807) is 17.7 Å².